The molecule has 0 N–H and O–H groups in total. The first-order chi connectivity index (χ1) is 5.27. The van der Waals surface area contributed by atoms with Gasteiger partial charge in [-0.25, -0.2) is 0 Å². The zero-order valence-electron chi connectivity index (χ0n) is 6.60. The lowest BCUT2D eigenvalue weighted by atomic mass is 10.1. The lowest BCUT2D eigenvalue weighted by Gasteiger charge is -1.99. The molecule has 1 aromatic carbocycles. The molecule has 11 heavy (non-hydrogen) atoms. The highest BCUT2D eigenvalue weighted by atomic mass is 79.9. The lowest BCUT2D eigenvalue weighted by molar-refractivity contribution is 0.627. The molecule has 1 aliphatic carbocycles. The van der Waals surface area contributed by atoms with Crippen LogP contribution in [0, 0.1) is 5.92 Å². The highest BCUT2D eigenvalue weighted by Crippen LogP contribution is 2.31. The van der Waals surface area contributed by atoms with Crippen molar-refractivity contribution in [1.82, 2.24) is 0 Å². The van der Waals surface area contributed by atoms with Crippen molar-refractivity contribution in [2.24, 2.45) is 5.92 Å². The van der Waals surface area contributed by atoms with Crippen molar-refractivity contribution < 1.29 is 0 Å². The fraction of sp³-hybridized carbons (Fsp3) is 0.400. The second-order valence-electron chi connectivity index (χ2n) is 3.39. The van der Waals surface area contributed by atoms with Crippen LogP contribution in [0.25, 0.3) is 0 Å². The van der Waals surface area contributed by atoms with Crippen molar-refractivity contribution in [3.05, 3.63) is 33.8 Å². The maximum atomic E-state index is 3.57. The Hall–Kier alpha value is -0.300. The summed E-state index contributed by atoms with van der Waals surface area (Å²) < 4.78 is 1.29. The average molecular weight is 211 g/mol. The average Bonchev–Trinajstić information content (AvgIpc) is 2.31. The quantitative estimate of drug-likeness (QED) is 0.618. The van der Waals surface area contributed by atoms with Crippen LogP contribution in [-0.2, 0) is 12.8 Å². The molecule has 1 aromatic rings. The molecule has 0 spiro atoms. The zero-order valence-corrected chi connectivity index (χ0v) is 8.19. The summed E-state index contributed by atoms with van der Waals surface area (Å²) in [6, 6.07) is 6.50. The molecule has 0 saturated heterocycles. The Kier molecular flexibility index (Phi) is 1.76. The molecular weight excluding hydrogens is 200 g/mol. The van der Waals surface area contributed by atoms with E-state index in [1.165, 1.54) is 28.4 Å². The summed E-state index contributed by atoms with van der Waals surface area (Å²) in [5.41, 5.74) is 3.06. The Morgan fingerprint density at radius 2 is 2.18 bits per heavy atom. The van der Waals surface area contributed by atoms with Gasteiger partial charge >= 0.3 is 0 Å². The maximum absolute atomic E-state index is 3.57. The second kappa shape index (κ2) is 2.63. The molecule has 1 atom stereocenters. The second-order valence-corrected chi connectivity index (χ2v) is 4.25. The minimum absolute atomic E-state index is 0.837. The van der Waals surface area contributed by atoms with E-state index in [1.54, 1.807) is 0 Å². The van der Waals surface area contributed by atoms with Crippen molar-refractivity contribution in [1.29, 1.82) is 0 Å². The Labute approximate surface area is 75.8 Å². The molecule has 0 amide bonds. The van der Waals surface area contributed by atoms with Gasteiger partial charge in [0.15, 0.2) is 0 Å². The first-order valence-electron chi connectivity index (χ1n) is 4.03. The molecule has 2 rings (SSSR count). The van der Waals surface area contributed by atoms with Gasteiger partial charge in [-0.15, -0.1) is 0 Å². The number of hydrogen-bond donors (Lipinski definition) is 0. The minimum Gasteiger partial charge on any atom is -0.0619 e. The van der Waals surface area contributed by atoms with Crippen molar-refractivity contribution in [3.63, 3.8) is 0 Å². The van der Waals surface area contributed by atoms with Gasteiger partial charge in [-0.2, -0.15) is 0 Å². The third-order valence-electron chi connectivity index (χ3n) is 2.34. The molecule has 0 nitrogen and oxygen atoms in total. The summed E-state index contributed by atoms with van der Waals surface area (Å²) in [5.74, 6) is 0.837. The molecule has 0 fully saturated rings. The van der Waals surface area contributed by atoms with Gasteiger partial charge in [0.05, 0.1) is 0 Å². The number of halogens is 1. The van der Waals surface area contributed by atoms with Gasteiger partial charge in [-0.3, -0.25) is 0 Å². The molecule has 1 aliphatic rings. The first-order valence-corrected chi connectivity index (χ1v) is 4.83. The van der Waals surface area contributed by atoms with Crippen LogP contribution in [0.5, 0.6) is 0 Å². The van der Waals surface area contributed by atoms with Gasteiger partial charge in [0.25, 0.3) is 0 Å². The number of hydrogen-bond acceptors (Lipinski definition) is 0. The standard InChI is InChI=1S/C10H11Br/c1-7-5-8-3-2-4-10(11)9(8)6-7/h2-4,7H,5-6H2,1H3/t7-/m0/s1. The highest BCUT2D eigenvalue weighted by Gasteiger charge is 2.18. The van der Waals surface area contributed by atoms with E-state index in [1.807, 2.05) is 0 Å². The largest absolute Gasteiger partial charge is 0.0619 e. The molecule has 0 bridgehead atoms. The smallest absolute Gasteiger partial charge is 0.0210 e. The van der Waals surface area contributed by atoms with Crippen LogP contribution in [-0.4, -0.2) is 0 Å². The predicted octanol–water partition coefficient (Wildman–Crippen LogP) is 3.18. The van der Waals surface area contributed by atoms with Crippen LogP contribution in [0.15, 0.2) is 22.7 Å². The van der Waals surface area contributed by atoms with Crippen molar-refractivity contribution in [2.75, 3.05) is 0 Å². The maximum Gasteiger partial charge on any atom is 0.0210 e. The highest BCUT2D eigenvalue weighted by molar-refractivity contribution is 9.10. The van der Waals surface area contributed by atoms with E-state index in [2.05, 4.69) is 41.1 Å². The van der Waals surface area contributed by atoms with E-state index in [4.69, 9.17) is 0 Å². The van der Waals surface area contributed by atoms with E-state index in [0.717, 1.165) is 5.92 Å². The summed E-state index contributed by atoms with van der Waals surface area (Å²) in [5, 5.41) is 0. The third kappa shape index (κ3) is 1.22. The number of rotatable bonds is 0. The molecule has 0 heterocycles. The summed E-state index contributed by atoms with van der Waals surface area (Å²) in [4.78, 5) is 0. The van der Waals surface area contributed by atoms with Crippen molar-refractivity contribution in [2.45, 2.75) is 19.8 Å². The van der Waals surface area contributed by atoms with Gasteiger partial charge < -0.3 is 0 Å². The van der Waals surface area contributed by atoms with Crippen molar-refractivity contribution in [3.8, 4) is 0 Å². The van der Waals surface area contributed by atoms with Gasteiger partial charge in [0, 0.05) is 4.47 Å². The molecule has 0 aliphatic heterocycles. The third-order valence-corrected chi connectivity index (χ3v) is 3.08. The topological polar surface area (TPSA) is 0 Å². The van der Waals surface area contributed by atoms with Gasteiger partial charge in [0.1, 0.15) is 0 Å². The monoisotopic (exact) mass is 210 g/mol. The van der Waals surface area contributed by atoms with E-state index in [0.29, 0.717) is 0 Å². The van der Waals surface area contributed by atoms with Crippen LogP contribution in [0.3, 0.4) is 0 Å². The fourth-order valence-electron chi connectivity index (χ4n) is 1.82. The normalized spacial score (nSPS) is 21.8. The van der Waals surface area contributed by atoms with Gasteiger partial charge in [-0.05, 0) is 36.0 Å². The van der Waals surface area contributed by atoms with E-state index in [-0.39, 0.29) is 0 Å². The van der Waals surface area contributed by atoms with E-state index in [9.17, 15) is 0 Å². The van der Waals surface area contributed by atoms with Gasteiger partial charge in [-0.1, -0.05) is 35.0 Å². The Bertz CT molecular complexity index is 278. The van der Waals surface area contributed by atoms with E-state index < -0.39 is 0 Å². The Balaban J connectivity index is 2.49. The van der Waals surface area contributed by atoms with Crippen LogP contribution in [0.4, 0.5) is 0 Å². The number of benzene rings is 1. The van der Waals surface area contributed by atoms with Crippen LogP contribution in [0.2, 0.25) is 0 Å². The molecule has 0 saturated carbocycles. The van der Waals surface area contributed by atoms with Crippen molar-refractivity contribution >= 4 is 15.9 Å². The van der Waals surface area contributed by atoms with Crippen LogP contribution < -0.4 is 0 Å². The lowest BCUT2D eigenvalue weighted by Crippen LogP contribution is -1.89. The fourth-order valence-corrected chi connectivity index (χ4v) is 2.39. The summed E-state index contributed by atoms with van der Waals surface area (Å²) in [7, 11) is 0. The molecule has 0 aromatic heterocycles. The molecule has 0 unspecified atom stereocenters. The summed E-state index contributed by atoms with van der Waals surface area (Å²) in [6.45, 7) is 2.31. The molecule has 58 valence electrons. The minimum atomic E-state index is 0.837. The molecule has 0 radical (unpaired) electrons. The molecular formula is C10H11Br. The Morgan fingerprint density at radius 1 is 1.36 bits per heavy atom. The zero-order chi connectivity index (χ0) is 7.84. The summed E-state index contributed by atoms with van der Waals surface area (Å²) >= 11 is 3.57. The number of fused-ring (bicyclic) bond motifs is 1. The molecule has 1 heteroatoms. The first kappa shape index (κ1) is 7.35. The Morgan fingerprint density at radius 3 is 2.91 bits per heavy atom. The van der Waals surface area contributed by atoms with Crippen LogP contribution in [0.1, 0.15) is 18.1 Å². The SMILES string of the molecule is C[C@H]1Cc2cccc(Br)c2C1. The van der Waals surface area contributed by atoms with Gasteiger partial charge in [0.2, 0.25) is 0 Å². The summed E-state index contributed by atoms with van der Waals surface area (Å²) in [6.07, 6.45) is 2.51. The predicted molar refractivity (Wildman–Crippen MR) is 50.7 cm³/mol. The van der Waals surface area contributed by atoms with E-state index >= 15 is 0 Å². The van der Waals surface area contributed by atoms with Crippen LogP contribution >= 0.6 is 15.9 Å².